The van der Waals surface area contributed by atoms with Gasteiger partial charge in [0.1, 0.15) is 6.04 Å². The van der Waals surface area contributed by atoms with Gasteiger partial charge in [0.15, 0.2) is 11.9 Å². The van der Waals surface area contributed by atoms with Gasteiger partial charge >= 0.3 is 0 Å². The summed E-state index contributed by atoms with van der Waals surface area (Å²) in [7, 11) is 0. The highest BCUT2D eigenvalue weighted by molar-refractivity contribution is 9.10. The second-order valence-electron chi connectivity index (χ2n) is 6.89. The Hall–Kier alpha value is -2.24. The van der Waals surface area contributed by atoms with Gasteiger partial charge in [-0.15, -0.1) is 0 Å². The van der Waals surface area contributed by atoms with Gasteiger partial charge in [-0.1, -0.05) is 50.9 Å². The molecule has 4 nitrogen and oxygen atoms in total. The molecule has 0 saturated heterocycles. The molecule has 28 heavy (non-hydrogen) atoms. The predicted molar refractivity (Wildman–Crippen MR) is 115 cm³/mol. The SMILES string of the molecule is Cc1cc(Cl)ccc1[C@H](CC(N=O)c1cc[n+]([O-])c(C)c1)c1ccc(Br)cc1. The van der Waals surface area contributed by atoms with Crippen LogP contribution in [0.25, 0.3) is 0 Å². The van der Waals surface area contributed by atoms with E-state index in [9.17, 15) is 10.1 Å². The van der Waals surface area contributed by atoms with Crippen LogP contribution in [0, 0.1) is 24.0 Å². The van der Waals surface area contributed by atoms with E-state index in [-0.39, 0.29) is 5.92 Å². The van der Waals surface area contributed by atoms with E-state index < -0.39 is 6.04 Å². The molecular weight excluding hydrogens is 440 g/mol. The Bertz CT molecular complexity index is 992. The summed E-state index contributed by atoms with van der Waals surface area (Å²) >= 11 is 9.62. The molecule has 0 aliphatic heterocycles. The number of hydrogen-bond donors (Lipinski definition) is 0. The summed E-state index contributed by atoms with van der Waals surface area (Å²) in [5.74, 6) is -0.0343. The van der Waals surface area contributed by atoms with Crippen molar-refractivity contribution < 1.29 is 4.73 Å². The maximum absolute atomic E-state index is 11.7. The van der Waals surface area contributed by atoms with Gasteiger partial charge in [0.05, 0.1) is 0 Å². The Morgan fingerprint density at radius 3 is 2.39 bits per heavy atom. The van der Waals surface area contributed by atoms with Crippen LogP contribution in [0.15, 0.2) is 70.4 Å². The van der Waals surface area contributed by atoms with E-state index in [2.05, 4.69) is 21.1 Å². The van der Waals surface area contributed by atoms with Gasteiger partial charge in [-0.3, -0.25) is 0 Å². The molecule has 0 fully saturated rings. The lowest BCUT2D eigenvalue weighted by atomic mass is 9.82. The van der Waals surface area contributed by atoms with Crippen molar-refractivity contribution in [1.82, 2.24) is 0 Å². The fourth-order valence-electron chi connectivity index (χ4n) is 3.46. The third kappa shape index (κ3) is 4.59. The van der Waals surface area contributed by atoms with Crippen molar-refractivity contribution in [1.29, 1.82) is 0 Å². The highest BCUT2D eigenvalue weighted by Gasteiger charge is 2.24. The van der Waals surface area contributed by atoms with Crippen LogP contribution in [-0.4, -0.2) is 0 Å². The summed E-state index contributed by atoms with van der Waals surface area (Å²) in [6, 6.07) is 16.7. The monoisotopic (exact) mass is 458 g/mol. The topological polar surface area (TPSA) is 56.4 Å². The molecule has 3 rings (SSSR count). The van der Waals surface area contributed by atoms with Crippen molar-refractivity contribution in [2.24, 2.45) is 5.18 Å². The molecule has 0 N–H and O–H groups in total. The average molecular weight is 460 g/mol. The second-order valence-corrected chi connectivity index (χ2v) is 8.24. The van der Waals surface area contributed by atoms with Gasteiger partial charge in [0.25, 0.3) is 0 Å². The fourth-order valence-corrected chi connectivity index (χ4v) is 3.95. The number of pyridine rings is 1. The largest absolute Gasteiger partial charge is 0.619 e. The Morgan fingerprint density at radius 1 is 1.07 bits per heavy atom. The lowest BCUT2D eigenvalue weighted by molar-refractivity contribution is -0.612. The molecule has 0 radical (unpaired) electrons. The third-order valence-electron chi connectivity index (χ3n) is 4.98. The minimum absolute atomic E-state index is 0.0343. The molecule has 144 valence electrons. The van der Waals surface area contributed by atoms with E-state index in [0.717, 1.165) is 31.5 Å². The summed E-state index contributed by atoms with van der Waals surface area (Å²) in [5, 5.41) is 15.7. The van der Waals surface area contributed by atoms with Gasteiger partial charge in [0.2, 0.25) is 0 Å². The number of benzene rings is 2. The Kier molecular flexibility index (Phi) is 6.47. The Labute approximate surface area is 177 Å². The van der Waals surface area contributed by atoms with Crippen LogP contribution in [-0.2, 0) is 0 Å². The van der Waals surface area contributed by atoms with Crippen LogP contribution in [0.4, 0.5) is 0 Å². The maximum atomic E-state index is 11.7. The first-order valence-corrected chi connectivity index (χ1v) is 10.1. The van der Waals surface area contributed by atoms with Crippen LogP contribution in [0.5, 0.6) is 0 Å². The first kappa shape index (κ1) is 20.5. The minimum Gasteiger partial charge on any atom is -0.619 e. The molecule has 0 amide bonds. The van der Waals surface area contributed by atoms with E-state index in [1.54, 1.807) is 19.1 Å². The van der Waals surface area contributed by atoms with Crippen LogP contribution < -0.4 is 4.73 Å². The van der Waals surface area contributed by atoms with Crippen molar-refractivity contribution in [3.63, 3.8) is 0 Å². The highest BCUT2D eigenvalue weighted by atomic mass is 79.9. The van der Waals surface area contributed by atoms with Crippen LogP contribution in [0.1, 0.15) is 46.3 Å². The molecule has 0 aliphatic carbocycles. The van der Waals surface area contributed by atoms with E-state index in [0.29, 0.717) is 17.1 Å². The van der Waals surface area contributed by atoms with E-state index in [1.807, 2.05) is 49.4 Å². The number of nitrogens with zero attached hydrogens (tertiary/aromatic N) is 2. The quantitative estimate of drug-likeness (QED) is 0.244. The minimum atomic E-state index is -0.566. The molecule has 0 saturated carbocycles. The summed E-state index contributed by atoms with van der Waals surface area (Å²) < 4.78 is 1.77. The zero-order valence-electron chi connectivity index (χ0n) is 15.6. The lowest BCUT2D eigenvalue weighted by Gasteiger charge is -2.23. The lowest BCUT2D eigenvalue weighted by Crippen LogP contribution is -2.29. The molecule has 3 aromatic rings. The van der Waals surface area contributed by atoms with E-state index in [4.69, 9.17) is 11.6 Å². The smallest absolute Gasteiger partial charge is 0.190 e. The van der Waals surface area contributed by atoms with Gasteiger partial charge in [-0.05, 0) is 59.9 Å². The van der Waals surface area contributed by atoms with Crippen LogP contribution in [0.2, 0.25) is 5.02 Å². The molecule has 1 heterocycles. The van der Waals surface area contributed by atoms with Crippen molar-refractivity contribution in [3.05, 3.63) is 108 Å². The first-order chi connectivity index (χ1) is 13.4. The van der Waals surface area contributed by atoms with Crippen molar-refractivity contribution in [3.8, 4) is 0 Å². The molecular formula is C22H20BrClN2O2. The number of hydrogen-bond acceptors (Lipinski definition) is 3. The summed E-state index contributed by atoms with van der Waals surface area (Å²) in [6.45, 7) is 3.73. The van der Waals surface area contributed by atoms with Gasteiger partial charge in [-0.2, -0.15) is 9.64 Å². The zero-order chi connectivity index (χ0) is 20.3. The summed E-state index contributed by atoms with van der Waals surface area (Å²) in [6.07, 6.45) is 1.92. The fraction of sp³-hybridized carbons (Fsp3) is 0.227. The molecule has 6 heteroatoms. The third-order valence-corrected chi connectivity index (χ3v) is 5.74. The van der Waals surface area contributed by atoms with E-state index >= 15 is 0 Å². The molecule has 2 aromatic carbocycles. The molecule has 0 spiro atoms. The summed E-state index contributed by atoms with van der Waals surface area (Å²) in [5.41, 5.74) is 4.54. The number of aryl methyl sites for hydroxylation is 2. The number of aromatic nitrogens is 1. The Balaban J connectivity index is 2.03. The standard InChI is InChI=1S/C22H20BrClN2O2/c1-14-11-19(24)7-8-20(14)21(16-3-5-18(23)6-4-16)13-22(25-27)17-9-10-26(28)15(2)12-17/h3-12,21-22H,13H2,1-2H3/t21-,22?/m1/s1. The molecule has 0 bridgehead atoms. The summed E-state index contributed by atoms with van der Waals surface area (Å²) in [4.78, 5) is 11.7. The molecule has 0 aliphatic rings. The molecule has 2 atom stereocenters. The molecule has 1 aromatic heterocycles. The molecule has 1 unspecified atom stereocenters. The normalized spacial score (nSPS) is 13.1. The predicted octanol–water partition coefficient (Wildman–Crippen LogP) is 6.38. The van der Waals surface area contributed by atoms with Crippen molar-refractivity contribution in [2.75, 3.05) is 0 Å². The van der Waals surface area contributed by atoms with Gasteiger partial charge in [0, 0.05) is 34.5 Å². The van der Waals surface area contributed by atoms with Crippen molar-refractivity contribution >= 4 is 27.5 Å². The van der Waals surface area contributed by atoms with Gasteiger partial charge < -0.3 is 5.21 Å². The second kappa shape index (κ2) is 8.84. The Morgan fingerprint density at radius 2 is 1.79 bits per heavy atom. The highest BCUT2D eigenvalue weighted by Crippen LogP contribution is 2.38. The number of halogens is 2. The number of rotatable bonds is 6. The average Bonchev–Trinajstić information content (AvgIpc) is 2.67. The zero-order valence-corrected chi connectivity index (χ0v) is 17.9. The van der Waals surface area contributed by atoms with Crippen molar-refractivity contribution in [2.45, 2.75) is 32.2 Å². The van der Waals surface area contributed by atoms with Crippen LogP contribution >= 0.6 is 27.5 Å². The maximum Gasteiger partial charge on any atom is 0.190 e. The van der Waals surface area contributed by atoms with Gasteiger partial charge in [-0.25, -0.2) is 0 Å². The van der Waals surface area contributed by atoms with Crippen LogP contribution in [0.3, 0.4) is 0 Å². The van der Waals surface area contributed by atoms with E-state index in [1.165, 1.54) is 6.20 Å². The number of nitroso groups, excluding NO2 is 1. The first-order valence-electron chi connectivity index (χ1n) is 8.92.